The molecule has 0 spiro atoms. The summed E-state index contributed by atoms with van der Waals surface area (Å²) in [5, 5.41) is 0. The van der Waals surface area contributed by atoms with Crippen LogP contribution in [0.5, 0.6) is 0 Å². The first-order chi connectivity index (χ1) is 8.54. The van der Waals surface area contributed by atoms with Gasteiger partial charge in [-0.2, -0.15) is 0 Å². The van der Waals surface area contributed by atoms with Gasteiger partial charge in [0.2, 0.25) is 5.91 Å². The highest BCUT2D eigenvalue weighted by Gasteiger charge is 2.22. The van der Waals surface area contributed by atoms with E-state index in [1.54, 1.807) is 0 Å². The van der Waals surface area contributed by atoms with Crippen LogP contribution in [-0.4, -0.2) is 5.91 Å². The highest BCUT2D eigenvalue weighted by molar-refractivity contribution is 5.73. The topological polar surface area (TPSA) is 43.1 Å². The van der Waals surface area contributed by atoms with Gasteiger partial charge in [0.1, 0.15) is 0 Å². The number of carbonyl (C=O) groups is 1. The maximum absolute atomic E-state index is 10.8. The van der Waals surface area contributed by atoms with Gasteiger partial charge in [-0.1, -0.05) is 59.3 Å². The summed E-state index contributed by atoms with van der Waals surface area (Å²) in [7, 11) is 0. The molecule has 2 nitrogen and oxygen atoms in total. The van der Waals surface area contributed by atoms with Crippen LogP contribution in [0.2, 0.25) is 0 Å². The molecule has 0 bridgehead atoms. The Morgan fingerprint density at radius 3 is 2.00 bits per heavy atom. The average molecular weight is 255 g/mol. The summed E-state index contributed by atoms with van der Waals surface area (Å²) in [6.45, 7) is 6.90. The van der Waals surface area contributed by atoms with Gasteiger partial charge in [-0.3, -0.25) is 4.79 Å². The maximum atomic E-state index is 10.8. The Morgan fingerprint density at radius 1 is 0.889 bits per heavy atom. The van der Waals surface area contributed by atoms with E-state index in [9.17, 15) is 4.79 Å². The molecule has 0 heterocycles. The lowest BCUT2D eigenvalue weighted by molar-refractivity contribution is -0.118. The fourth-order valence-electron chi connectivity index (χ4n) is 2.65. The number of nitrogens with two attached hydrogens (primary N) is 1. The number of unbranched alkanes of at least 4 members (excludes halogenated alkanes) is 4. The van der Waals surface area contributed by atoms with Gasteiger partial charge in [0, 0.05) is 6.42 Å². The van der Waals surface area contributed by atoms with Crippen molar-refractivity contribution in [3.63, 3.8) is 0 Å². The predicted octanol–water partition coefficient (Wildman–Crippen LogP) is 4.81. The minimum atomic E-state index is -0.154. The van der Waals surface area contributed by atoms with Crippen LogP contribution in [0.4, 0.5) is 0 Å². The van der Waals surface area contributed by atoms with E-state index in [1.165, 1.54) is 51.4 Å². The molecule has 0 aliphatic carbocycles. The van der Waals surface area contributed by atoms with E-state index in [0.717, 1.165) is 12.8 Å². The van der Waals surface area contributed by atoms with Gasteiger partial charge in [0.25, 0.3) is 0 Å². The molecule has 18 heavy (non-hydrogen) atoms. The smallest absolute Gasteiger partial charge is 0.217 e. The van der Waals surface area contributed by atoms with E-state index in [4.69, 9.17) is 5.73 Å². The van der Waals surface area contributed by atoms with Gasteiger partial charge < -0.3 is 5.73 Å². The van der Waals surface area contributed by atoms with Crippen molar-refractivity contribution in [1.29, 1.82) is 0 Å². The predicted molar refractivity (Wildman–Crippen MR) is 79.4 cm³/mol. The summed E-state index contributed by atoms with van der Waals surface area (Å²) in [6, 6.07) is 0. The number of hydrogen-bond acceptors (Lipinski definition) is 1. The van der Waals surface area contributed by atoms with E-state index in [1.807, 2.05) is 0 Å². The number of amides is 1. The normalized spacial score (nSPS) is 14.4. The van der Waals surface area contributed by atoms with Crippen LogP contribution >= 0.6 is 0 Å². The first-order valence-electron chi connectivity index (χ1n) is 7.82. The van der Waals surface area contributed by atoms with Crippen molar-refractivity contribution in [2.24, 2.45) is 11.1 Å². The molecule has 108 valence electrons. The number of hydrogen-bond donors (Lipinski definition) is 1. The summed E-state index contributed by atoms with van der Waals surface area (Å²) in [5.41, 5.74) is 5.65. The lowest BCUT2D eigenvalue weighted by Crippen LogP contribution is -2.18. The van der Waals surface area contributed by atoms with Gasteiger partial charge in [0.05, 0.1) is 0 Å². The molecule has 0 radical (unpaired) electrons. The first kappa shape index (κ1) is 17.5. The molecule has 2 N–H and O–H groups in total. The third kappa shape index (κ3) is 9.49. The summed E-state index contributed by atoms with van der Waals surface area (Å²) >= 11 is 0. The van der Waals surface area contributed by atoms with Gasteiger partial charge in [-0.05, 0) is 31.1 Å². The third-order valence-electron chi connectivity index (χ3n) is 3.97. The zero-order valence-corrected chi connectivity index (χ0v) is 12.8. The molecule has 0 aliphatic rings. The van der Waals surface area contributed by atoms with Crippen molar-refractivity contribution in [2.75, 3.05) is 0 Å². The molecule has 1 amide bonds. The Morgan fingerprint density at radius 2 is 1.44 bits per heavy atom. The molecular formula is C16H33NO. The number of primary amides is 1. The quantitative estimate of drug-likeness (QED) is 0.500. The molecule has 1 atom stereocenters. The van der Waals surface area contributed by atoms with Gasteiger partial charge in [0.15, 0.2) is 0 Å². The molecule has 0 rings (SSSR count). The second kappa shape index (κ2) is 10.4. The summed E-state index contributed by atoms with van der Waals surface area (Å²) in [4.78, 5) is 10.8. The fourth-order valence-corrected chi connectivity index (χ4v) is 2.65. The van der Waals surface area contributed by atoms with Crippen LogP contribution in [0, 0.1) is 5.41 Å². The van der Waals surface area contributed by atoms with Crippen LogP contribution < -0.4 is 5.73 Å². The second-order valence-electron chi connectivity index (χ2n) is 6.04. The van der Waals surface area contributed by atoms with E-state index in [2.05, 4.69) is 20.8 Å². The fraction of sp³-hybridized carbons (Fsp3) is 0.938. The zero-order chi connectivity index (χ0) is 13.9. The minimum Gasteiger partial charge on any atom is -0.370 e. The van der Waals surface area contributed by atoms with Crippen molar-refractivity contribution in [3.05, 3.63) is 0 Å². The summed E-state index contributed by atoms with van der Waals surface area (Å²) < 4.78 is 0. The Balaban J connectivity index is 4.02. The largest absolute Gasteiger partial charge is 0.370 e. The van der Waals surface area contributed by atoms with Gasteiger partial charge in [-0.25, -0.2) is 0 Å². The van der Waals surface area contributed by atoms with E-state index in [-0.39, 0.29) is 5.91 Å². The summed E-state index contributed by atoms with van der Waals surface area (Å²) in [5.74, 6) is -0.154. The monoisotopic (exact) mass is 255 g/mol. The molecule has 0 fully saturated rings. The van der Waals surface area contributed by atoms with Crippen molar-refractivity contribution in [3.8, 4) is 0 Å². The third-order valence-corrected chi connectivity index (χ3v) is 3.97. The van der Waals surface area contributed by atoms with Crippen LogP contribution in [0.3, 0.4) is 0 Å². The number of carbonyl (C=O) groups excluding carboxylic acids is 1. The summed E-state index contributed by atoms with van der Waals surface area (Å²) in [6.07, 6.45) is 13.2. The molecule has 0 saturated heterocycles. The first-order valence-corrected chi connectivity index (χ1v) is 7.82. The lowest BCUT2D eigenvalue weighted by Gasteiger charge is -2.30. The molecular weight excluding hydrogens is 222 g/mol. The zero-order valence-electron chi connectivity index (χ0n) is 12.8. The average Bonchev–Trinajstić information content (AvgIpc) is 2.32. The molecule has 0 aliphatic heterocycles. The molecule has 1 unspecified atom stereocenters. The highest BCUT2D eigenvalue weighted by atomic mass is 16.1. The second-order valence-corrected chi connectivity index (χ2v) is 6.04. The van der Waals surface area contributed by atoms with Crippen LogP contribution in [-0.2, 0) is 4.79 Å². The van der Waals surface area contributed by atoms with Crippen molar-refractivity contribution >= 4 is 5.91 Å². The molecule has 0 aromatic rings. The van der Waals surface area contributed by atoms with E-state index >= 15 is 0 Å². The van der Waals surface area contributed by atoms with Crippen LogP contribution in [0.1, 0.15) is 91.4 Å². The Labute approximate surface area is 114 Å². The molecule has 0 aromatic carbocycles. The SMILES string of the molecule is CCCCCCC(C)(CCCC)CCCC(N)=O. The Hall–Kier alpha value is -0.530. The van der Waals surface area contributed by atoms with Crippen molar-refractivity contribution < 1.29 is 4.79 Å². The van der Waals surface area contributed by atoms with E-state index in [0.29, 0.717) is 11.8 Å². The van der Waals surface area contributed by atoms with Crippen LogP contribution in [0.15, 0.2) is 0 Å². The van der Waals surface area contributed by atoms with Crippen LogP contribution in [0.25, 0.3) is 0 Å². The lowest BCUT2D eigenvalue weighted by atomic mass is 9.76. The van der Waals surface area contributed by atoms with Crippen molar-refractivity contribution in [1.82, 2.24) is 0 Å². The number of rotatable bonds is 12. The Bertz CT molecular complexity index is 215. The molecule has 2 heteroatoms. The molecule has 0 aromatic heterocycles. The van der Waals surface area contributed by atoms with Crippen molar-refractivity contribution in [2.45, 2.75) is 91.4 Å². The Kier molecular flexibility index (Phi) is 10.1. The van der Waals surface area contributed by atoms with Gasteiger partial charge >= 0.3 is 0 Å². The maximum Gasteiger partial charge on any atom is 0.217 e. The minimum absolute atomic E-state index is 0.154. The van der Waals surface area contributed by atoms with Gasteiger partial charge in [-0.15, -0.1) is 0 Å². The standard InChI is InChI=1S/C16H33NO/c1-4-6-8-9-13-16(3,12-7-5-2)14-10-11-15(17)18/h4-14H2,1-3H3,(H2,17,18). The highest BCUT2D eigenvalue weighted by Crippen LogP contribution is 2.36. The van der Waals surface area contributed by atoms with E-state index < -0.39 is 0 Å². The molecule has 0 saturated carbocycles.